The van der Waals surface area contributed by atoms with Gasteiger partial charge in [0.15, 0.2) is 0 Å². The molecule has 2 aromatic rings. The highest BCUT2D eigenvalue weighted by molar-refractivity contribution is 5.67. The first-order valence-electron chi connectivity index (χ1n) is 8.29. The summed E-state index contributed by atoms with van der Waals surface area (Å²) in [6, 6.07) is 7.67. The van der Waals surface area contributed by atoms with E-state index in [4.69, 9.17) is 9.47 Å². The lowest BCUT2D eigenvalue weighted by atomic mass is 10.1. The summed E-state index contributed by atoms with van der Waals surface area (Å²) in [7, 11) is 3.28. The SMILES string of the molecule is COc1ccc(Nc2cc(N3CCCCC3)nc(C)n2)c(OC)c1. The van der Waals surface area contributed by atoms with E-state index in [0.717, 1.165) is 42.0 Å². The van der Waals surface area contributed by atoms with Gasteiger partial charge in [0, 0.05) is 25.2 Å². The maximum Gasteiger partial charge on any atom is 0.146 e. The number of ether oxygens (including phenoxy) is 2. The summed E-state index contributed by atoms with van der Waals surface area (Å²) < 4.78 is 10.7. The number of nitrogens with zero attached hydrogens (tertiary/aromatic N) is 3. The van der Waals surface area contributed by atoms with E-state index in [-0.39, 0.29) is 0 Å². The third-order valence-corrected chi connectivity index (χ3v) is 4.18. The van der Waals surface area contributed by atoms with Crippen LogP contribution in [0.25, 0.3) is 0 Å². The zero-order chi connectivity index (χ0) is 16.9. The normalized spacial score (nSPS) is 14.4. The van der Waals surface area contributed by atoms with E-state index in [9.17, 15) is 0 Å². The second-order valence-corrected chi connectivity index (χ2v) is 5.90. The zero-order valence-electron chi connectivity index (χ0n) is 14.5. The fraction of sp³-hybridized carbons (Fsp3) is 0.444. The van der Waals surface area contributed by atoms with Crippen LogP contribution in [0.4, 0.5) is 17.3 Å². The Morgan fingerprint density at radius 2 is 1.79 bits per heavy atom. The van der Waals surface area contributed by atoms with E-state index < -0.39 is 0 Å². The summed E-state index contributed by atoms with van der Waals surface area (Å²) in [5, 5.41) is 3.34. The van der Waals surface area contributed by atoms with Crippen molar-refractivity contribution in [1.82, 2.24) is 9.97 Å². The molecule has 1 aliphatic rings. The van der Waals surface area contributed by atoms with Crippen molar-refractivity contribution in [2.24, 2.45) is 0 Å². The molecule has 0 atom stereocenters. The Morgan fingerprint density at radius 1 is 1.00 bits per heavy atom. The number of piperidine rings is 1. The minimum Gasteiger partial charge on any atom is -0.497 e. The summed E-state index contributed by atoms with van der Waals surface area (Å²) in [4.78, 5) is 11.4. The van der Waals surface area contributed by atoms with Gasteiger partial charge >= 0.3 is 0 Å². The van der Waals surface area contributed by atoms with E-state index in [0.29, 0.717) is 5.75 Å². The van der Waals surface area contributed by atoms with Gasteiger partial charge in [-0.3, -0.25) is 0 Å². The van der Waals surface area contributed by atoms with Crippen LogP contribution in [0.15, 0.2) is 24.3 Å². The molecule has 1 aromatic heterocycles. The number of hydrogen-bond donors (Lipinski definition) is 1. The van der Waals surface area contributed by atoms with Crippen LogP contribution in [0.5, 0.6) is 11.5 Å². The number of rotatable bonds is 5. The van der Waals surface area contributed by atoms with Crippen molar-refractivity contribution in [3.63, 3.8) is 0 Å². The molecule has 1 fully saturated rings. The van der Waals surface area contributed by atoms with Crippen LogP contribution in [-0.4, -0.2) is 37.3 Å². The predicted molar refractivity (Wildman–Crippen MR) is 95.7 cm³/mol. The van der Waals surface area contributed by atoms with Crippen LogP contribution >= 0.6 is 0 Å². The first-order chi connectivity index (χ1) is 11.7. The van der Waals surface area contributed by atoms with Crippen LogP contribution in [0, 0.1) is 6.92 Å². The van der Waals surface area contributed by atoms with Gasteiger partial charge in [0.25, 0.3) is 0 Å². The maximum absolute atomic E-state index is 5.44. The minimum atomic E-state index is 0.713. The molecule has 128 valence electrons. The quantitative estimate of drug-likeness (QED) is 0.906. The van der Waals surface area contributed by atoms with Gasteiger partial charge in [-0.2, -0.15) is 0 Å². The molecule has 24 heavy (non-hydrogen) atoms. The van der Waals surface area contributed by atoms with Gasteiger partial charge < -0.3 is 19.7 Å². The lowest BCUT2D eigenvalue weighted by molar-refractivity contribution is 0.395. The molecule has 6 nitrogen and oxygen atoms in total. The summed E-state index contributed by atoms with van der Waals surface area (Å²) >= 11 is 0. The van der Waals surface area contributed by atoms with E-state index >= 15 is 0 Å². The highest BCUT2D eigenvalue weighted by atomic mass is 16.5. The molecule has 6 heteroatoms. The first kappa shape index (κ1) is 16.4. The van der Waals surface area contributed by atoms with E-state index in [1.807, 2.05) is 31.2 Å². The molecule has 1 saturated heterocycles. The van der Waals surface area contributed by atoms with Crippen molar-refractivity contribution in [2.45, 2.75) is 26.2 Å². The molecule has 1 aliphatic heterocycles. The molecule has 0 amide bonds. The third kappa shape index (κ3) is 3.69. The average molecular weight is 328 g/mol. The molecule has 2 heterocycles. The number of aromatic nitrogens is 2. The zero-order valence-corrected chi connectivity index (χ0v) is 14.5. The monoisotopic (exact) mass is 328 g/mol. The van der Waals surface area contributed by atoms with Crippen LogP contribution in [-0.2, 0) is 0 Å². The fourth-order valence-electron chi connectivity index (χ4n) is 2.94. The minimum absolute atomic E-state index is 0.713. The molecule has 1 N–H and O–H groups in total. The van der Waals surface area contributed by atoms with Gasteiger partial charge in [0.1, 0.15) is 29.0 Å². The van der Waals surface area contributed by atoms with Crippen molar-refractivity contribution in [2.75, 3.05) is 37.5 Å². The third-order valence-electron chi connectivity index (χ3n) is 4.18. The fourth-order valence-corrected chi connectivity index (χ4v) is 2.94. The van der Waals surface area contributed by atoms with Crippen molar-refractivity contribution >= 4 is 17.3 Å². The Kier molecular flexibility index (Phi) is 5.03. The predicted octanol–water partition coefficient (Wildman–Crippen LogP) is 3.54. The molecular weight excluding hydrogens is 304 g/mol. The molecule has 0 saturated carbocycles. The summed E-state index contributed by atoms with van der Waals surface area (Å²) in [6.45, 7) is 4.04. The van der Waals surface area contributed by atoms with Gasteiger partial charge in [-0.15, -0.1) is 0 Å². The highest BCUT2D eigenvalue weighted by Crippen LogP contribution is 2.31. The standard InChI is InChI=1S/C18H24N4O2/c1-13-19-17(12-18(20-13)22-9-5-4-6-10-22)21-15-8-7-14(23-2)11-16(15)24-3/h7-8,11-12H,4-6,9-10H2,1-3H3,(H,19,20,21). The smallest absolute Gasteiger partial charge is 0.146 e. The second-order valence-electron chi connectivity index (χ2n) is 5.90. The van der Waals surface area contributed by atoms with Crippen LogP contribution in [0.1, 0.15) is 25.1 Å². The van der Waals surface area contributed by atoms with Crippen molar-refractivity contribution in [3.05, 3.63) is 30.1 Å². The van der Waals surface area contributed by atoms with Gasteiger partial charge in [0.05, 0.1) is 19.9 Å². The van der Waals surface area contributed by atoms with E-state index in [1.165, 1.54) is 19.3 Å². The first-order valence-corrected chi connectivity index (χ1v) is 8.29. The summed E-state index contributed by atoms with van der Waals surface area (Å²) in [5.74, 6) is 3.98. The van der Waals surface area contributed by atoms with Gasteiger partial charge in [-0.1, -0.05) is 0 Å². The van der Waals surface area contributed by atoms with Gasteiger partial charge in [-0.25, -0.2) is 9.97 Å². The number of nitrogens with one attached hydrogen (secondary N) is 1. The topological polar surface area (TPSA) is 59.5 Å². The molecule has 3 rings (SSSR count). The Morgan fingerprint density at radius 3 is 2.50 bits per heavy atom. The average Bonchev–Trinajstić information content (AvgIpc) is 2.62. The molecular formula is C18H24N4O2. The molecule has 0 unspecified atom stereocenters. The Labute approximate surface area is 142 Å². The Balaban J connectivity index is 1.86. The Hall–Kier alpha value is -2.50. The number of aryl methyl sites for hydroxylation is 1. The van der Waals surface area contributed by atoms with Crippen molar-refractivity contribution in [1.29, 1.82) is 0 Å². The molecule has 0 spiro atoms. The second kappa shape index (κ2) is 7.38. The lowest BCUT2D eigenvalue weighted by Crippen LogP contribution is -2.30. The highest BCUT2D eigenvalue weighted by Gasteiger charge is 2.14. The summed E-state index contributed by atoms with van der Waals surface area (Å²) in [6.07, 6.45) is 3.74. The van der Waals surface area contributed by atoms with Crippen LogP contribution < -0.4 is 19.7 Å². The Bertz CT molecular complexity index is 699. The molecule has 1 aromatic carbocycles. The van der Waals surface area contributed by atoms with E-state index in [2.05, 4.69) is 20.2 Å². The van der Waals surface area contributed by atoms with Crippen LogP contribution in [0.2, 0.25) is 0 Å². The van der Waals surface area contributed by atoms with Gasteiger partial charge in [0.2, 0.25) is 0 Å². The number of methoxy groups -OCH3 is 2. The number of anilines is 3. The van der Waals surface area contributed by atoms with E-state index in [1.54, 1.807) is 14.2 Å². The lowest BCUT2D eigenvalue weighted by Gasteiger charge is -2.28. The number of benzene rings is 1. The summed E-state index contributed by atoms with van der Waals surface area (Å²) in [5.41, 5.74) is 0.848. The maximum atomic E-state index is 5.44. The van der Waals surface area contributed by atoms with Gasteiger partial charge in [-0.05, 0) is 38.3 Å². The molecule has 0 radical (unpaired) electrons. The molecule has 0 bridgehead atoms. The largest absolute Gasteiger partial charge is 0.497 e. The van der Waals surface area contributed by atoms with Crippen molar-refractivity contribution < 1.29 is 9.47 Å². The molecule has 0 aliphatic carbocycles. The van der Waals surface area contributed by atoms with Crippen LogP contribution in [0.3, 0.4) is 0 Å². The van der Waals surface area contributed by atoms with Crippen molar-refractivity contribution in [3.8, 4) is 11.5 Å². The number of hydrogen-bond acceptors (Lipinski definition) is 6.